The molecule has 0 aliphatic rings. The lowest BCUT2D eigenvalue weighted by molar-refractivity contribution is 0.0696. The Labute approximate surface area is 120 Å². The van der Waals surface area contributed by atoms with Crippen molar-refractivity contribution in [1.82, 2.24) is 0 Å². The molecule has 1 aromatic carbocycles. The third kappa shape index (κ3) is 3.62. The van der Waals surface area contributed by atoms with Gasteiger partial charge in [-0.2, -0.15) is 5.26 Å². The van der Waals surface area contributed by atoms with Crippen molar-refractivity contribution < 1.29 is 18.3 Å². The minimum atomic E-state index is -3.56. The van der Waals surface area contributed by atoms with Gasteiger partial charge in [-0.25, -0.2) is 13.2 Å². The topological polar surface area (TPSA) is 95.2 Å². The van der Waals surface area contributed by atoms with Gasteiger partial charge in [-0.15, -0.1) is 11.8 Å². The molecule has 0 spiro atoms. The fraction of sp³-hybridized carbons (Fsp3) is 0.273. The Morgan fingerprint density at radius 2 is 2.11 bits per heavy atom. The lowest BCUT2D eigenvalue weighted by Gasteiger charge is -2.12. The van der Waals surface area contributed by atoms with Crippen LogP contribution in [0, 0.1) is 11.3 Å². The van der Waals surface area contributed by atoms with Crippen molar-refractivity contribution in [3.63, 3.8) is 0 Å². The van der Waals surface area contributed by atoms with E-state index < -0.39 is 21.1 Å². The van der Waals surface area contributed by atoms with Crippen molar-refractivity contribution in [3.05, 3.63) is 22.7 Å². The first-order chi connectivity index (χ1) is 8.68. The zero-order valence-corrected chi connectivity index (χ0v) is 12.4. The summed E-state index contributed by atoms with van der Waals surface area (Å²) in [5, 5.41) is 17.0. The molecule has 0 saturated carbocycles. The molecule has 0 radical (unpaired) electrons. The molecule has 8 heteroatoms. The molecule has 19 heavy (non-hydrogen) atoms. The average molecular weight is 320 g/mol. The van der Waals surface area contributed by atoms with E-state index in [4.69, 9.17) is 22.0 Å². The van der Waals surface area contributed by atoms with Crippen LogP contribution >= 0.6 is 23.4 Å². The molecule has 1 aromatic rings. The smallest absolute Gasteiger partial charge is 0.337 e. The molecule has 1 atom stereocenters. The summed E-state index contributed by atoms with van der Waals surface area (Å²) in [6.07, 6.45) is 1.00. The average Bonchev–Trinajstić information content (AvgIpc) is 2.29. The fourth-order valence-electron chi connectivity index (χ4n) is 1.31. The number of aromatic carboxylic acids is 1. The Bertz CT molecular complexity index is 664. The number of sulfone groups is 1. The summed E-state index contributed by atoms with van der Waals surface area (Å²) in [5.41, 5.74) is -0.193. The summed E-state index contributed by atoms with van der Waals surface area (Å²) in [6.45, 7) is 1.57. The maximum absolute atomic E-state index is 11.7. The SMILES string of the molecule is CC(C#N)Sc1c(S(C)(=O)=O)ccc(C(=O)O)c1Cl. The van der Waals surface area contributed by atoms with Gasteiger partial charge in [-0.05, 0) is 19.1 Å². The minimum absolute atomic E-state index is 0.0744. The van der Waals surface area contributed by atoms with E-state index in [0.717, 1.165) is 24.1 Å². The molecule has 1 rings (SSSR count). The zero-order valence-electron chi connectivity index (χ0n) is 10.0. The maximum atomic E-state index is 11.7. The lowest BCUT2D eigenvalue weighted by atomic mass is 10.2. The van der Waals surface area contributed by atoms with E-state index in [2.05, 4.69) is 0 Å². The van der Waals surface area contributed by atoms with Crippen molar-refractivity contribution in [2.24, 2.45) is 0 Å². The van der Waals surface area contributed by atoms with Crippen LogP contribution < -0.4 is 0 Å². The van der Waals surface area contributed by atoms with Crippen molar-refractivity contribution in [1.29, 1.82) is 5.26 Å². The van der Waals surface area contributed by atoms with Gasteiger partial charge in [-0.1, -0.05) is 11.6 Å². The number of halogens is 1. The number of rotatable bonds is 4. The first kappa shape index (κ1) is 15.8. The number of carboxylic acid groups (broad SMARTS) is 1. The van der Waals surface area contributed by atoms with Crippen molar-refractivity contribution >= 4 is 39.2 Å². The van der Waals surface area contributed by atoms with Crippen molar-refractivity contribution in [2.75, 3.05) is 6.26 Å². The van der Waals surface area contributed by atoms with Crippen molar-refractivity contribution in [3.8, 4) is 6.07 Å². The summed E-state index contributed by atoms with van der Waals surface area (Å²) >= 11 is 6.86. The molecular formula is C11H10ClNO4S2. The van der Waals surface area contributed by atoms with Gasteiger partial charge in [0.1, 0.15) is 0 Å². The quantitative estimate of drug-likeness (QED) is 0.856. The zero-order chi connectivity index (χ0) is 14.8. The first-order valence-electron chi connectivity index (χ1n) is 5.00. The second-order valence-corrected chi connectivity index (χ2v) is 7.43. The summed E-state index contributed by atoms with van der Waals surface area (Å²) in [7, 11) is -3.56. The standard InChI is InChI=1S/C11H10ClNO4S2/c1-6(5-13)18-10-8(19(2,16)17)4-3-7(9(10)12)11(14)15/h3-4,6H,1-2H3,(H,14,15). The van der Waals surface area contributed by atoms with Crippen LogP contribution in [-0.2, 0) is 9.84 Å². The van der Waals surface area contributed by atoms with Gasteiger partial charge in [-0.3, -0.25) is 0 Å². The predicted molar refractivity (Wildman–Crippen MR) is 72.5 cm³/mol. The molecule has 102 valence electrons. The summed E-state index contributed by atoms with van der Waals surface area (Å²) in [6, 6.07) is 4.26. The fourth-order valence-corrected chi connectivity index (χ4v) is 3.90. The number of carbonyl (C=O) groups is 1. The van der Waals surface area contributed by atoms with E-state index in [1.165, 1.54) is 6.07 Å². The van der Waals surface area contributed by atoms with Gasteiger partial charge in [0.15, 0.2) is 9.84 Å². The Balaban J connectivity index is 3.56. The van der Waals surface area contributed by atoms with Crippen LogP contribution in [0.1, 0.15) is 17.3 Å². The molecule has 0 bridgehead atoms. The number of benzene rings is 1. The highest BCUT2D eigenvalue weighted by molar-refractivity contribution is 8.01. The molecule has 1 unspecified atom stereocenters. The maximum Gasteiger partial charge on any atom is 0.337 e. The van der Waals surface area contributed by atoms with Crippen LogP contribution in [0.25, 0.3) is 0 Å². The molecule has 0 aliphatic carbocycles. The second-order valence-electron chi connectivity index (χ2n) is 3.72. The molecular weight excluding hydrogens is 310 g/mol. The first-order valence-corrected chi connectivity index (χ1v) is 8.15. The number of hydrogen-bond donors (Lipinski definition) is 1. The molecule has 0 aliphatic heterocycles. The monoisotopic (exact) mass is 319 g/mol. The van der Waals surface area contributed by atoms with Crippen LogP contribution in [0.15, 0.2) is 21.9 Å². The largest absolute Gasteiger partial charge is 0.478 e. The van der Waals surface area contributed by atoms with E-state index >= 15 is 0 Å². The van der Waals surface area contributed by atoms with Gasteiger partial charge in [0.2, 0.25) is 0 Å². The van der Waals surface area contributed by atoms with Gasteiger partial charge < -0.3 is 5.11 Å². The second kappa shape index (κ2) is 5.82. The number of carboxylic acids is 1. The van der Waals surface area contributed by atoms with Gasteiger partial charge in [0.05, 0.1) is 26.8 Å². The molecule has 1 N–H and O–H groups in total. The Hall–Kier alpha value is -1.23. The normalized spacial score (nSPS) is 12.7. The lowest BCUT2D eigenvalue weighted by Crippen LogP contribution is -2.06. The van der Waals surface area contributed by atoms with Gasteiger partial charge in [0.25, 0.3) is 0 Å². The Morgan fingerprint density at radius 1 is 1.53 bits per heavy atom. The van der Waals surface area contributed by atoms with Crippen LogP contribution in [-0.4, -0.2) is 31.0 Å². The van der Waals surface area contributed by atoms with E-state index in [1.807, 2.05) is 6.07 Å². The highest BCUT2D eigenvalue weighted by atomic mass is 35.5. The van der Waals surface area contributed by atoms with Gasteiger partial charge >= 0.3 is 5.97 Å². The summed E-state index contributed by atoms with van der Waals surface area (Å²) < 4.78 is 23.3. The highest BCUT2D eigenvalue weighted by Gasteiger charge is 2.23. The number of nitriles is 1. The van der Waals surface area contributed by atoms with Crippen LogP contribution in [0.2, 0.25) is 5.02 Å². The molecule has 0 amide bonds. The van der Waals surface area contributed by atoms with E-state index in [-0.39, 0.29) is 20.4 Å². The summed E-state index contributed by atoms with van der Waals surface area (Å²) in [4.78, 5) is 11.0. The van der Waals surface area contributed by atoms with E-state index in [0.29, 0.717) is 0 Å². The molecule has 0 saturated heterocycles. The minimum Gasteiger partial charge on any atom is -0.478 e. The van der Waals surface area contributed by atoms with Crippen LogP contribution in [0.4, 0.5) is 0 Å². The third-order valence-corrected chi connectivity index (χ3v) is 5.06. The Morgan fingerprint density at radius 3 is 2.53 bits per heavy atom. The number of thioether (sulfide) groups is 1. The van der Waals surface area contributed by atoms with E-state index in [9.17, 15) is 13.2 Å². The number of hydrogen-bond acceptors (Lipinski definition) is 5. The molecule has 0 fully saturated rings. The van der Waals surface area contributed by atoms with Crippen LogP contribution in [0.5, 0.6) is 0 Å². The third-order valence-electron chi connectivity index (χ3n) is 2.17. The molecule has 0 heterocycles. The number of nitrogens with zero attached hydrogens (tertiary/aromatic N) is 1. The van der Waals surface area contributed by atoms with Gasteiger partial charge in [0, 0.05) is 11.2 Å². The highest BCUT2D eigenvalue weighted by Crippen LogP contribution is 2.38. The predicted octanol–water partition coefficient (Wildman–Crippen LogP) is 2.45. The molecule has 0 aromatic heterocycles. The molecule has 5 nitrogen and oxygen atoms in total. The van der Waals surface area contributed by atoms with Crippen molar-refractivity contribution in [2.45, 2.75) is 22.0 Å². The summed E-state index contributed by atoms with van der Waals surface area (Å²) in [5.74, 6) is -1.25. The van der Waals surface area contributed by atoms with Crippen LogP contribution in [0.3, 0.4) is 0 Å². The Kier molecular flexibility index (Phi) is 4.85. The van der Waals surface area contributed by atoms with E-state index in [1.54, 1.807) is 6.92 Å².